The van der Waals surface area contributed by atoms with Gasteiger partial charge in [0.05, 0.1) is 18.4 Å². The number of aryl methyl sites for hydroxylation is 1. The molecule has 0 N–H and O–H groups in total. The molecule has 0 saturated carbocycles. The summed E-state index contributed by atoms with van der Waals surface area (Å²) in [5.41, 5.74) is 1.57. The van der Waals surface area contributed by atoms with Gasteiger partial charge in [-0.2, -0.15) is 4.98 Å². The Morgan fingerprint density at radius 3 is 2.43 bits per heavy atom. The second-order valence-corrected chi connectivity index (χ2v) is 5.64. The van der Waals surface area contributed by atoms with Crippen LogP contribution in [0.4, 0.5) is 0 Å². The fourth-order valence-electron chi connectivity index (χ4n) is 2.02. The van der Waals surface area contributed by atoms with Crippen LogP contribution in [0.5, 0.6) is 5.88 Å². The van der Waals surface area contributed by atoms with Gasteiger partial charge in [0.1, 0.15) is 5.56 Å². The van der Waals surface area contributed by atoms with Gasteiger partial charge in [0.2, 0.25) is 5.88 Å². The SMILES string of the molecule is CCOC(=O)c1c(C)nc(-c2ccc(Cl)cc2)nc1OC(C)C. The highest BCUT2D eigenvalue weighted by molar-refractivity contribution is 6.30. The van der Waals surface area contributed by atoms with Crippen LogP contribution in [0.2, 0.25) is 5.02 Å². The summed E-state index contributed by atoms with van der Waals surface area (Å²) in [7, 11) is 0. The number of nitrogens with zero attached hydrogens (tertiary/aromatic N) is 2. The zero-order chi connectivity index (χ0) is 17.0. The van der Waals surface area contributed by atoms with Crippen LogP contribution in [0.3, 0.4) is 0 Å². The maximum atomic E-state index is 12.2. The maximum absolute atomic E-state index is 12.2. The third kappa shape index (κ3) is 4.20. The average Bonchev–Trinajstić information content (AvgIpc) is 2.47. The van der Waals surface area contributed by atoms with Gasteiger partial charge in [-0.15, -0.1) is 0 Å². The van der Waals surface area contributed by atoms with Crippen LogP contribution in [-0.2, 0) is 4.74 Å². The Kier molecular flexibility index (Phi) is 5.55. The molecule has 0 unspecified atom stereocenters. The third-order valence-corrected chi connectivity index (χ3v) is 3.24. The van der Waals surface area contributed by atoms with Crippen molar-refractivity contribution in [1.29, 1.82) is 0 Å². The fourth-order valence-corrected chi connectivity index (χ4v) is 2.15. The first-order valence-corrected chi connectivity index (χ1v) is 7.78. The zero-order valence-corrected chi connectivity index (χ0v) is 14.3. The van der Waals surface area contributed by atoms with Gasteiger partial charge in [-0.1, -0.05) is 11.6 Å². The van der Waals surface area contributed by atoms with Gasteiger partial charge < -0.3 is 9.47 Å². The molecular formula is C17H19ClN2O3. The lowest BCUT2D eigenvalue weighted by Gasteiger charge is -2.15. The van der Waals surface area contributed by atoms with Gasteiger partial charge in [-0.25, -0.2) is 9.78 Å². The quantitative estimate of drug-likeness (QED) is 0.771. The van der Waals surface area contributed by atoms with Gasteiger partial charge in [0.25, 0.3) is 0 Å². The van der Waals surface area contributed by atoms with Crippen molar-refractivity contribution < 1.29 is 14.3 Å². The second-order valence-electron chi connectivity index (χ2n) is 5.21. The van der Waals surface area contributed by atoms with Crippen LogP contribution in [-0.4, -0.2) is 28.6 Å². The topological polar surface area (TPSA) is 61.3 Å². The number of ether oxygens (including phenoxy) is 2. The molecule has 122 valence electrons. The largest absolute Gasteiger partial charge is 0.474 e. The molecule has 0 saturated heterocycles. The normalized spacial score (nSPS) is 10.7. The van der Waals surface area contributed by atoms with Crippen LogP contribution in [0, 0.1) is 6.92 Å². The Bertz CT molecular complexity index is 700. The van der Waals surface area contributed by atoms with E-state index in [1.54, 1.807) is 26.0 Å². The van der Waals surface area contributed by atoms with E-state index in [9.17, 15) is 4.79 Å². The van der Waals surface area contributed by atoms with Gasteiger partial charge in [0.15, 0.2) is 5.82 Å². The molecule has 0 aliphatic carbocycles. The molecule has 2 rings (SSSR count). The van der Waals surface area contributed by atoms with E-state index >= 15 is 0 Å². The molecule has 0 radical (unpaired) electrons. The lowest BCUT2D eigenvalue weighted by atomic mass is 10.2. The standard InChI is InChI=1S/C17H19ClN2O3/c1-5-22-17(21)14-11(4)19-15(20-16(14)23-10(2)3)12-6-8-13(18)9-7-12/h6-10H,5H2,1-4H3. The molecular weight excluding hydrogens is 316 g/mol. The fraction of sp³-hybridized carbons (Fsp3) is 0.353. The van der Waals surface area contributed by atoms with Crippen molar-refractivity contribution in [3.63, 3.8) is 0 Å². The summed E-state index contributed by atoms with van der Waals surface area (Å²) in [5, 5.41) is 0.632. The first-order valence-electron chi connectivity index (χ1n) is 7.40. The van der Waals surface area contributed by atoms with Crippen molar-refractivity contribution in [3.05, 3.63) is 40.5 Å². The molecule has 5 nitrogen and oxygen atoms in total. The van der Waals surface area contributed by atoms with E-state index in [-0.39, 0.29) is 24.2 Å². The minimum absolute atomic E-state index is 0.129. The van der Waals surface area contributed by atoms with E-state index in [1.807, 2.05) is 26.0 Å². The Labute approximate surface area is 140 Å². The minimum Gasteiger partial charge on any atom is -0.474 e. The van der Waals surface area contributed by atoms with Gasteiger partial charge in [0, 0.05) is 10.6 Å². The Balaban J connectivity index is 2.53. The highest BCUT2D eigenvalue weighted by atomic mass is 35.5. The number of hydrogen-bond donors (Lipinski definition) is 0. The van der Waals surface area contributed by atoms with E-state index in [0.29, 0.717) is 16.5 Å². The summed E-state index contributed by atoms with van der Waals surface area (Å²) in [4.78, 5) is 21.0. The monoisotopic (exact) mass is 334 g/mol. The summed E-state index contributed by atoms with van der Waals surface area (Å²) in [6.45, 7) is 7.50. The molecule has 23 heavy (non-hydrogen) atoms. The van der Waals surface area contributed by atoms with Crippen molar-refractivity contribution in [1.82, 2.24) is 9.97 Å². The number of benzene rings is 1. The molecule has 1 aromatic heterocycles. The van der Waals surface area contributed by atoms with Crippen LogP contribution in [0.1, 0.15) is 36.8 Å². The zero-order valence-electron chi connectivity index (χ0n) is 13.6. The molecule has 0 atom stereocenters. The predicted molar refractivity (Wildman–Crippen MR) is 88.9 cm³/mol. The average molecular weight is 335 g/mol. The number of carbonyl (C=O) groups is 1. The summed E-state index contributed by atoms with van der Waals surface area (Å²) in [5.74, 6) is 0.224. The molecule has 0 amide bonds. The van der Waals surface area contributed by atoms with Gasteiger partial charge in [-0.05, 0) is 52.0 Å². The predicted octanol–water partition coefficient (Wildman–Crippen LogP) is 4.07. The molecule has 2 aromatic rings. The number of esters is 1. The van der Waals surface area contributed by atoms with Crippen molar-refractivity contribution >= 4 is 17.6 Å². The van der Waals surface area contributed by atoms with E-state index < -0.39 is 5.97 Å². The van der Waals surface area contributed by atoms with Crippen molar-refractivity contribution in [3.8, 4) is 17.3 Å². The van der Waals surface area contributed by atoms with E-state index in [2.05, 4.69) is 9.97 Å². The van der Waals surface area contributed by atoms with Crippen LogP contribution < -0.4 is 4.74 Å². The molecule has 0 fully saturated rings. The first kappa shape index (κ1) is 17.2. The molecule has 0 bridgehead atoms. The highest BCUT2D eigenvalue weighted by Gasteiger charge is 2.22. The summed E-state index contributed by atoms with van der Waals surface area (Å²) in [6, 6.07) is 7.16. The van der Waals surface area contributed by atoms with Crippen LogP contribution >= 0.6 is 11.6 Å². The molecule has 6 heteroatoms. The lowest BCUT2D eigenvalue weighted by Crippen LogP contribution is -2.16. The van der Waals surface area contributed by atoms with Crippen molar-refractivity contribution in [2.45, 2.75) is 33.8 Å². The van der Waals surface area contributed by atoms with Gasteiger partial charge in [-0.3, -0.25) is 0 Å². The Hall–Kier alpha value is -2.14. The minimum atomic E-state index is -0.483. The van der Waals surface area contributed by atoms with Gasteiger partial charge >= 0.3 is 5.97 Å². The van der Waals surface area contributed by atoms with E-state index in [1.165, 1.54) is 0 Å². The van der Waals surface area contributed by atoms with Crippen LogP contribution in [0.25, 0.3) is 11.4 Å². The number of aromatic nitrogens is 2. The van der Waals surface area contributed by atoms with Crippen molar-refractivity contribution in [2.75, 3.05) is 6.61 Å². The highest BCUT2D eigenvalue weighted by Crippen LogP contribution is 2.26. The number of halogens is 1. The van der Waals surface area contributed by atoms with E-state index in [4.69, 9.17) is 21.1 Å². The molecule has 1 aromatic carbocycles. The summed E-state index contributed by atoms with van der Waals surface area (Å²) >= 11 is 5.91. The Morgan fingerprint density at radius 1 is 1.22 bits per heavy atom. The van der Waals surface area contributed by atoms with Crippen molar-refractivity contribution in [2.24, 2.45) is 0 Å². The molecule has 0 aliphatic heterocycles. The first-order chi connectivity index (χ1) is 10.9. The number of hydrogen-bond acceptors (Lipinski definition) is 5. The molecule has 0 spiro atoms. The second kappa shape index (κ2) is 7.42. The molecule has 1 heterocycles. The third-order valence-electron chi connectivity index (χ3n) is 2.99. The summed E-state index contributed by atoms with van der Waals surface area (Å²) < 4.78 is 10.8. The smallest absolute Gasteiger partial charge is 0.345 e. The number of rotatable bonds is 5. The maximum Gasteiger partial charge on any atom is 0.345 e. The lowest BCUT2D eigenvalue weighted by molar-refractivity contribution is 0.0517. The molecule has 0 aliphatic rings. The summed E-state index contributed by atoms with van der Waals surface area (Å²) in [6.07, 6.45) is -0.129. The Morgan fingerprint density at radius 2 is 1.87 bits per heavy atom. The van der Waals surface area contributed by atoms with Crippen LogP contribution in [0.15, 0.2) is 24.3 Å². The van der Waals surface area contributed by atoms with E-state index in [0.717, 1.165) is 5.56 Å². The number of carbonyl (C=O) groups excluding carboxylic acids is 1.